The molecule has 3 aromatic carbocycles. The van der Waals surface area contributed by atoms with Crippen molar-refractivity contribution >= 4 is 23.1 Å². The predicted molar refractivity (Wildman–Crippen MR) is 126 cm³/mol. The number of amides is 2. The van der Waals surface area contributed by atoms with Crippen LogP contribution in [-0.4, -0.2) is 11.8 Å². The summed E-state index contributed by atoms with van der Waals surface area (Å²) in [5.74, 6) is -2.68. The Hall–Kier alpha value is -3.93. The maximum absolute atomic E-state index is 13.6. The summed E-state index contributed by atoms with van der Waals surface area (Å²) in [5.41, 5.74) is 3.13. The van der Waals surface area contributed by atoms with E-state index in [9.17, 15) is 22.8 Å². The van der Waals surface area contributed by atoms with Crippen LogP contribution in [0.15, 0.2) is 103 Å². The molecule has 0 spiro atoms. The van der Waals surface area contributed by atoms with E-state index in [1.165, 1.54) is 12.1 Å². The highest BCUT2D eigenvalue weighted by Gasteiger charge is 2.62. The minimum atomic E-state index is -4.56. The van der Waals surface area contributed by atoms with Gasteiger partial charge >= 0.3 is 6.18 Å². The van der Waals surface area contributed by atoms with Crippen LogP contribution in [0.5, 0.6) is 0 Å². The zero-order chi connectivity index (χ0) is 24.3. The molecule has 4 atom stereocenters. The van der Waals surface area contributed by atoms with Crippen molar-refractivity contribution < 1.29 is 22.8 Å². The van der Waals surface area contributed by atoms with Crippen molar-refractivity contribution in [3.63, 3.8) is 0 Å². The van der Waals surface area contributed by atoms with Gasteiger partial charge in [-0.05, 0) is 40.5 Å². The molecule has 3 nitrogen and oxygen atoms in total. The number of hydrogen-bond acceptors (Lipinski definition) is 2. The van der Waals surface area contributed by atoms with Gasteiger partial charge in [0.2, 0.25) is 11.8 Å². The van der Waals surface area contributed by atoms with Crippen molar-refractivity contribution in [1.29, 1.82) is 0 Å². The number of alkyl halides is 3. The van der Waals surface area contributed by atoms with Gasteiger partial charge in [0, 0.05) is 11.8 Å². The smallest absolute Gasteiger partial charge is 0.274 e. The number of rotatable bonds is 3. The van der Waals surface area contributed by atoms with Gasteiger partial charge in [0.05, 0.1) is 23.1 Å². The molecule has 174 valence electrons. The third kappa shape index (κ3) is 3.27. The third-order valence-electron chi connectivity index (χ3n) is 7.26. The molecule has 2 fully saturated rings. The molecular formula is C29H20F3NO2. The second-order valence-electron chi connectivity index (χ2n) is 9.11. The molecule has 2 aliphatic carbocycles. The summed E-state index contributed by atoms with van der Waals surface area (Å²) in [7, 11) is 0. The highest BCUT2D eigenvalue weighted by molar-refractivity contribution is 6.23. The van der Waals surface area contributed by atoms with E-state index >= 15 is 0 Å². The lowest BCUT2D eigenvalue weighted by molar-refractivity contribution is -0.137. The Labute approximate surface area is 200 Å². The summed E-state index contributed by atoms with van der Waals surface area (Å²) in [5, 5.41) is 0. The molecule has 1 saturated carbocycles. The predicted octanol–water partition coefficient (Wildman–Crippen LogP) is 6.13. The fourth-order valence-corrected chi connectivity index (χ4v) is 5.88. The molecule has 3 aromatic rings. The zero-order valence-corrected chi connectivity index (χ0v) is 18.4. The minimum absolute atomic E-state index is 0.0273. The van der Waals surface area contributed by atoms with Gasteiger partial charge < -0.3 is 0 Å². The number of benzene rings is 3. The first-order valence-corrected chi connectivity index (χ1v) is 11.4. The van der Waals surface area contributed by atoms with Crippen molar-refractivity contribution in [2.75, 3.05) is 4.90 Å². The Morgan fingerprint density at radius 2 is 1.20 bits per heavy atom. The molecule has 1 aliphatic heterocycles. The van der Waals surface area contributed by atoms with E-state index in [0.717, 1.165) is 39.3 Å². The van der Waals surface area contributed by atoms with E-state index in [4.69, 9.17) is 0 Å². The molecular weight excluding hydrogens is 451 g/mol. The molecule has 1 saturated heterocycles. The Morgan fingerprint density at radius 3 is 1.69 bits per heavy atom. The number of imide groups is 1. The third-order valence-corrected chi connectivity index (χ3v) is 7.26. The normalized spacial score (nSPS) is 24.9. The highest BCUT2D eigenvalue weighted by Crippen LogP contribution is 2.59. The average molecular weight is 471 g/mol. The highest BCUT2D eigenvalue weighted by atomic mass is 19.4. The van der Waals surface area contributed by atoms with E-state index in [0.29, 0.717) is 0 Å². The quantitative estimate of drug-likeness (QED) is 0.341. The average Bonchev–Trinajstić information content (AvgIpc) is 3.49. The van der Waals surface area contributed by atoms with Crippen LogP contribution in [0.2, 0.25) is 0 Å². The Kier molecular flexibility index (Phi) is 4.81. The fraction of sp³-hybridized carbons (Fsp3) is 0.172. The van der Waals surface area contributed by atoms with Gasteiger partial charge in [-0.25, -0.2) is 4.90 Å². The van der Waals surface area contributed by atoms with Crippen LogP contribution in [0.1, 0.15) is 16.7 Å². The summed E-state index contributed by atoms with van der Waals surface area (Å²) in [6, 6.07) is 24.2. The molecule has 1 heterocycles. The Balaban J connectivity index is 1.45. The lowest BCUT2D eigenvalue weighted by atomic mass is 9.85. The molecule has 0 radical (unpaired) electrons. The number of hydrogen-bond donors (Lipinski definition) is 0. The number of carbonyl (C=O) groups is 2. The van der Waals surface area contributed by atoms with Crippen LogP contribution < -0.4 is 4.90 Å². The van der Waals surface area contributed by atoms with Crippen molar-refractivity contribution in [2.24, 2.45) is 23.7 Å². The van der Waals surface area contributed by atoms with Crippen LogP contribution in [-0.2, 0) is 15.8 Å². The number of allylic oxidation sites excluding steroid dienone is 3. The van der Waals surface area contributed by atoms with Crippen molar-refractivity contribution in [3.8, 4) is 0 Å². The topological polar surface area (TPSA) is 37.4 Å². The van der Waals surface area contributed by atoms with E-state index in [1.807, 2.05) is 72.8 Å². The van der Waals surface area contributed by atoms with Gasteiger partial charge in [0.1, 0.15) is 0 Å². The second kappa shape index (κ2) is 7.80. The van der Waals surface area contributed by atoms with E-state index < -0.39 is 35.4 Å². The van der Waals surface area contributed by atoms with Crippen LogP contribution in [0.25, 0.3) is 5.57 Å². The molecule has 0 unspecified atom stereocenters. The van der Waals surface area contributed by atoms with Crippen molar-refractivity contribution in [3.05, 3.63) is 119 Å². The molecule has 6 heteroatoms. The number of halogens is 3. The molecule has 6 rings (SSSR count). The Morgan fingerprint density at radius 1 is 0.686 bits per heavy atom. The SMILES string of the molecule is O=C1[C@H]2[C@H](C(=O)N1c1cccc(C(F)(F)F)c1)[C@H]1C=C[C@@H]2C1=C(c1ccccc1)c1ccccc1. The Bertz CT molecular complexity index is 1320. The van der Waals surface area contributed by atoms with Crippen LogP contribution >= 0.6 is 0 Å². The maximum atomic E-state index is 13.6. The van der Waals surface area contributed by atoms with Crippen LogP contribution in [0.3, 0.4) is 0 Å². The summed E-state index contributed by atoms with van der Waals surface area (Å²) in [6.45, 7) is 0. The first kappa shape index (κ1) is 21.6. The summed E-state index contributed by atoms with van der Waals surface area (Å²) in [4.78, 5) is 28.1. The van der Waals surface area contributed by atoms with Crippen molar-refractivity contribution in [2.45, 2.75) is 6.18 Å². The summed E-state index contributed by atoms with van der Waals surface area (Å²) < 4.78 is 39.8. The van der Waals surface area contributed by atoms with Crippen LogP contribution in [0.4, 0.5) is 18.9 Å². The summed E-state index contributed by atoms with van der Waals surface area (Å²) in [6.07, 6.45) is -0.601. The fourth-order valence-electron chi connectivity index (χ4n) is 5.88. The van der Waals surface area contributed by atoms with Crippen LogP contribution in [0, 0.1) is 23.7 Å². The van der Waals surface area contributed by atoms with E-state index in [1.54, 1.807) is 0 Å². The molecule has 3 aliphatic rings. The lowest BCUT2D eigenvalue weighted by Crippen LogP contribution is -2.33. The van der Waals surface area contributed by atoms with Gasteiger partial charge in [-0.2, -0.15) is 13.2 Å². The van der Waals surface area contributed by atoms with Gasteiger partial charge in [-0.1, -0.05) is 78.9 Å². The molecule has 0 N–H and O–H groups in total. The van der Waals surface area contributed by atoms with Crippen molar-refractivity contribution in [1.82, 2.24) is 0 Å². The molecule has 35 heavy (non-hydrogen) atoms. The summed E-state index contributed by atoms with van der Waals surface area (Å²) >= 11 is 0. The zero-order valence-electron chi connectivity index (χ0n) is 18.4. The molecule has 2 amide bonds. The first-order valence-electron chi connectivity index (χ1n) is 11.4. The first-order chi connectivity index (χ1) is 16.9. The monoisotopic (exact) mass is 471 g/mol. The molecule has 2 bridgehead atoms. The standard InChI is InChI=1S/C29H20F3NO2/c30-29(31,32)19-12-7-13-20(16-19)33-27(34)25-21-14-15-22(26(25)28(33)35)24(21)23(17-8-3-1-4-9-17)18-10-5-2-6-11-18/h1-16,21-22,25-26H/t21-,22+,25-,26-/m1/s1. The maximum Gasteiger partial charge on any atom is 0.416 e. The molecule has 0 aromatic heterocycles. The van der Waals surface area contributed by atoms with E-state index in [2.05, 4.69) is 0 Å². The van der Waals surface area contributed by atoms with Gasteiger partial charge in [-0.3, -0.25) is 9.59 Å². The lowest BCUT2D eigenvalue weighted by Gasteiger charge is -2.22. The number of carbonyl (C=O) groups excluding carboxylic acids is 2. The van der Waals surface area contributed by atoms with Gasteiger partial charge in [-0.15, -0.1) is 0 Å². The number of nitrogens with zero attached hydrogens (tertiary/aromatic N) is 1. The largest absolute Gasteiger partial charge is 0.416 e. The minimum Gasteiger partial charge on any atom is -0.274 e. The second-order valence-corrected chi connectivity index (χ2v) is 9.11. The van der Waals surface area contributed by atoms with E-state index in [-0.39, 0.29) is 17.5 Å². The van der Waals surface area contributed by atoms with Gasteiger partial charge in [0.25, 0.3) is 0 Å². The number of anilines is 1. The van der Waals surface area contributed by atoms with Gasteiger partial charge in [0.15, 0.2) is 0 Å². The number of fused-ring (bicyclic) bond motifs is 5.